The second kappa shape index (κ2) is 8.73. The summed E-state index contributed by atoms with van der Waals surface area (Å²) in [6, 6.07) is 4.23. The largest absolute Gasteiger partial charge is 0.357 e. The molecule has 2 aromatic rings. The van der Waals surface area contributed by atoms with Gasteiger partial charge in [-0.15, -0.1) is 11.3 Å². The van der Waals surface area contributed by atoms with E-state index in [1.165, 1.54) is 6.07 Å². The SMILES string of the molecule is CCNC(=NCc1sc(C)nc1C)NCCc1cccc(F)c1F. The van der Waals surface area contributed by atoms with Crippen LogP contribution in [0.3, 0.4) is 0 Å². The minimum Gasteiger partial charge on any atom is -0.357 e. The zero-order chi connectivity index (χ0) is 17.5. The number of rotatable bonds is 6. The van der Waals surface area contributed by atoms with Gasteiger partial charge in [0.15, 0.2) is 17.6 Å². The molecule has 130 valence electrons. The highest BCUT2D eigenvalue weighted by molar-refractivity contribution is 7.11. The van der Waals surface area contributed by atoms with Crippen LogP contribution >= 0.6 is 11.3 Å². The van der Waals surface area contributed by atoms with Gasteiger partial charge in [0.25, 0.3) is 0 Å². The third kappa shape index (κ3) is 4.99. The molecule has 2 N–H and O–H groups in total. The summed E-state index contributed by atoms with van der Waals surface area (Å²) in [5, 5.41) is 7.32. The number of aryl methyl sites for hydroxylation is 2. The van der Waals surface area contributed by atoms with Crippen molar-refractivity contribution in [1.29, 1.82) is 0 Å². The van der Waals surface area contributed by atoms with Crippen LogP contribution in [-0.2, 0) is 13.0 Å². The van der Waals surface area contributed by atoms with Crippen LogP contribution in [0.1, 0.15) is 28.1 Å². The summed E-state index contributed by atoms with van der Waals surface area (Å²) in [5.41, 5.74) is 1.35. The zero-order valence-electron chi connectivity index (χ0n) is 14.1. The molecule has 4 nitrogen and oxygen atoms in total. The average molecular weight is 352 g/mol. The van der Waals surface area contributed by atoms with Crippen LogP contribution in [0.5, 0.6) is 0 Å². The van der Waals surface area contributed by atoms with Crippen LogP contribution in [0.15, 0.2) is 23.2 Å². The van der Waals surface area contributed by atoms with E-state index in [1.807, 2.05) is 20.8 Å². The molecular weight excluding hydrogens is 330 g/mol. The van der Waals surface area contributed by atoms with Crippen LogP contribution in [0.4, 0.5) is 8.78 Å². The molecule has 1 aromatic carbocycles. The first-order valence-corrected chi connectivity index (χ1v) is 8.71. The van der Waals surface area contributed by atoms with E-state index in [0.29, 0.717) is 31.0 Å². The quantitative estimate of drug-likeness (QED) is 0.619. The Kier molecular flexibility index (Phi) is 6.66. The van der Waals surface area contributed by atoms with E-state index in [1.54, 1.807) is 17.4 Å². The van der Waals surface area contributed by atoms with Crippen LogP contribution < -0.4 is 10.6 Å². The Bertz CT molecular complexity index is 713. The van der Waals surface area contributed by atoms with Gasteiger partial charge in [-0.3, -0.25) is 0 Å². The molecule has 0 atom stereocenters. The van der Waals surface area contributed by atoms with Crippen molar-refractivity contribution >= 4 is 17.3 Å². The summed E-state index contributed by atoms with van der Waals surface area (Å²) in [7, 11) is 0. The lowest BCUT2D eigenvalue weighted by atomic mass is 10.1. The van der Waals surface area contributed by atoms with E-state index < -0.39 is 11.6 Å². The standard InChI is InChI=1S/C17H22F2N4S/c1-4-20-17(22-10-15-11(2)23-12(3)24-15)21-9-8-13-6-5-7-14(18)16(13)19/h5-7H,4,8-10H2,1-3H3,(H2,20,21,22). The van der Waals surface area contributed by atoms with Crippen molar-refractivity contribution in [1.82, 2.24) is 15.6 Å². The highest BCUT2D eigenvalue weighted by atomic mass is 32.1. The fraction of sp³-hybridized carbons (Fsp3) is 0.412. The maximum Gasteiger partial charge on any atom is 0.191 e. The van der Waals surface area contributed by atoms with E-state index in [9.17, 15) is 8.78 Å². The molecule has 0 amide bonds. The van der Waals surface area contributed by atoms with Gasteiger partial charge >= 0.3 is 0 Å². The monoisotopic (exact) mass is 352 g/mol. The molecule has 0 aliphatic heterocycles. The molecule has 0 saturated carbocycles. The van der Waals surface area contributed by atoms with Gasteiger partial charge in [-0.25, -0.2) is 18.8 Å². The number of benzene rings is 1. The van der Waals surface area contributed by atoms with E-state index in [2.05, 4.69) is 20.6 Å². The first kappa shape index (κ1) is 18.3. The Labute approximate surface area is 145 Å². The van der Waals surface area contributed by atoms with E-state index in [4.69, 9.17) is 0 Å². The molecule has 0 aliphatic rings. The van der Waals surface area contributed by atoms with Crippen molar-refractivity contribution in [2.45, 2.75) is 33.7 Å². The third-order valence-corrected chi connectivity index (χ3v) is 4.50. The Morgan fingerprint density at radius 2 is 2.04 bits per heavy atom. The average Bonchev–Trinajstić information content (AvgIpc) is 2.86. The maximum atomic E-state index is 13.6. The van der Waals surface area contributed by atoms with Crippen molar-refractivity contribution in [3.8, 4) is 0 Å². The minimum atomic E-state index is -0.816. The van der Waals surface area contributed by atoms with Crippen molar-refractivity contribution in [3.63, 3.8) is 0 Å². The Morgan fingerprint density at radius 1 is 1.25 bits per heavy atom. The Morgan fingerprint density at radius 3 is 2.71 bits per heavy atom. The lowest BCUT2D eigenvalue weighted by Crippen LogP contribution is -2.38. The smallest absolute Gasteiger partial charge is 0.191 e. The molecule has 0 fully saturated rings. The Hall–Kier alpha value is -2.02. The van der Waals surface area contributed by atoms with E-state index in [-0.39, 0.29) is 0 Å². The van der Waals surface area contributed by atoms with Gasteiger partial charge in [-0.05, 0) is 38.8 Å². The fourth-order valence-corrected chi connectivity index (χ4v) is 3.13. The number of aromatic nitrogens is 1. The van der Waals surface area contributed by atoms with Crippen LogP contribution in [0.25, 0.3) is 0 Å². The topological polar surface area (TPSA) is 49.3 Å². The molecule has 0 unspecified atom stereocenters. The number of nitrogens with zero attached hydrogens (tertiary/aromatic N) is 2. The summed E-state index contributed by atoms with van der Waals surface area (Å²) in [6.45, 7) is 7.66. The molecule has 1 heterocycles. The molecule has 2 rings (SSSR count). The number of nitrogens with one attached hydrogen (secondary N) is 2. The molecule has 1 aromatic heterocycles. The normalized spacial score (nSPS) is 11.6. The predicted molar refractivity (Wildman–Crippen MR) is 94.5 cm³/mol. The number of guanidine groups is 1. The summed E-state index contributed by atoms with van der Waals surface area (Å²) in [4.78, 5) is 10.0. The minimum absolute atomic E-state index is 0.354. The molecule has 7 heteroatoms. The number of aliphatic imine (C=N–C) groups is 1. The molecule has 0 radical (unpaired) electrons. The summed E-state index contributed by atoms with van der Waals surface area (Å²) in [5.74, 6) is -0.944. The highest BCUT2D eigenvalue weighted by Crippen LogP contribution is 2.17. The van der Waals surface area contributed by atoms with Gasteiger partial charge in [0.2, 0.25) is 0 Å². The Balaban J connectivity index is 1.94. The van der Waals surface area contributed by atoms with Gasteiger partial charge in [0.1, 0.15) is 0 Å². The predicted octanol–water partition coefficient (Wildman–Crippen LogP) is 3.34. The summed E-state index contributed by atoms with van der Waals surface area (Å²) < 4.78 is 26.8. The van der Waals surface area contributed by atoms with Gasteiger partial charge in [-0.2, -0.15) is 0 Å². The van der Waals surface area contributed by atoms with Crippen molar-refractivity contribution in [3.05, 3.63) is 51.0 Å². The van der Waals surface area contributed by atoms with Crippen molar-refractivity contribution in [2.24, 2.45) is 4.99 Å². The van der Waals surface area contributed by atoms with Crippen molar-refractivity contribution < 1.29 is 8.78 Å². The lowest BCUT2D eigenvalue weighted by molar-refractivity contribution is 0.498. The van der Waals surface area contributed by atoms with E-state index in [0.717, 1.165) is 28.2 Å². The first-order chi connectivity index (χ1) is 11.5. The number of hydrogen-bond donors (Lipinski definition) is 2. The van der Waals surface area contributed by atoms with Crippen molar-refractivity contribution in [2.75, 3.05) is 13.1 Å². The summed E-state index contributed by atoms with van der Waals surface area (Å²) >= 11 is 1.63. The zero-order valence-corrected chi connectivity index (χ0v) is 14.9. The van der Waals surface area contributed by atoms with Crippen LogP contribution in [0.2, 0.25) is 0 Å². The number of halogens is 2. The lowest BCUT2D eigenvalue weighted by Gasteiger charge is -2.11. The first-order valence-electron chi connectivity index (χ1n) is 7.89. The van der Waals surface area contributed by atoms with E-state index >= 15 is 0 Å². The molecule has 0 bridgehead atoms. The maximum absolute atomic E-state index is 13.6. The molecule has 24 heavy (non-hydrogen) atoms. The third-order valence-electron chi connectivity index (χ3n) is 3.44. The molecular formula is C17H22F2N4S. The molecule has 0 saturated heterocycles. The second-order valence-corrected chi connectivity index (χ2v) is 6.61. The number of thiazole rings is 1. The van der Waals surface area contributed by atoms with Gasteiger partial charge < -0.3 is 10.6 Å². The highest BCUT2D eigenvalue weighted by Gasteiger charge is 2.08. The summed E-state index contributed by atoms with van der Waals surface area (Å²) in [6.07, 6.45) is 0.382. The molecule has 0 aliphatic carbocycles. The van der Waals surface area contributed by atoms with Gasteiger partial charge in [0.05, 0.1) is 17.2 Å². The fourth-order valence-electron chi connectivity index (χ4n) is 2.27. The second-order valence-electron chi connectivity index (χ2n) is 5.33. The van der Waals surface area contributed by atoms with Crippen LogP contribution in [0, 0.1) is 25.5 Å². The van der Waals surface area contributed by atoms with Crippen LogP contribution in [-0.4, -0.2) is 24.0 Å². The van der Waals surface area contributed by atoms with Gasteiger partial charge in [-0.1, -0.05) is 12.1 Å². The van der Waals surface area contributed by atoms with Gasteiger partial charge in [0, 0.05) is 18.0 Å². The molecule has 0 spiro atoms. The number of hydrogen-bond acceptors (Lipinski definition) is 3.